The predicted molar refractivity (Wildman–Crippen MR) is 86.7 cm³/mol. The first-order valence-electron chi connectivity index (χ1n) is 7.41. The molecule has 118 valence electrons. The molecule has 0 radical (unpaired) electrons. The first kappa shape index (κ1) is 16.5. The fraction of sp³-hybridized carbons (Fsp3) is 0.278. The summed E-state index contributed by atoms with van der Waals surface area (Å²) in [5.74, 6) is -0.877. The van der Waals surface area contributed by atoms with Gasteiger partial charge in [0, 0.05) is 20.3 Å². The van der Waals surface area contributed by atoms with Gasteiger partial charge in [0.15, 0.2) is 0 Å². The van der Waals surface area contributed by atoms with Crippen LogP contribution in [-0.2, 0) is 16.1 Å². The highest BCUT2D eigenvalue weighted by atomic mass is 16.2. The molecule has 1 aliphatic rings. The zero-order chi connectivity index (χ0) is 17.0. The summed E-state index contributed by atoms with van der Waals surface area (Å²) in [5, 5.41) is 9.38. The van der Waals surface area contributed by atoms with Gasteiger partial charge in [-0.15, -0.1) is 0 Å². The molecular formula is C18H19N3O2. The largest absolute Gasteiger partial charge is 0.383 e. The van der Waals surface area contributed by atoms with E-state index in [-0.39, 0.29) is 18.0 Å². The topological polar surface area (TPSA) is 64.4 Å². The van der Waals surface area contributed by atoms with Crippen LogP contribution in [0.1, 0.15) is 18.9 Å². The summed E-state index contributed by atoms with van der Waals surface area (Å²) in [6.45, 7) is 2.00. The van der Waals surface area contributed by atoms with Crippen molar-refractivity contribution in [2.24, 2.45) is 0 Å². The smallest absolute Gasteiger partial charge is 0.272 e. The molecule has 0 aliphatic carbocycles. The Morgan fingerprint density at radius 1 is 1.17 bits per heavy atom. The van der Waals surface area contributed by atoms with Crippen LogP contribution in [0.15, 0.2) is 53.3 Å². The number of amides is 2. The van der Waals surface area contributed by atoms with Crippen molar-refractivity contribution < 1.29 is 9.59 Å². The summed E-state index contributed by atoms with van der Waals surface area (Å²) < 4.78 is 0. The number of carbonyl (C=O) groups excluding carboxylic acids is 2. The van der Waals surface area contributed by atoms with Gasteiger partial charge in [0.25, 0.3) is 11.8 Å². The van der Waals surface area contributed by atoms with Crippen molar-refractivity contribution in [2.45, 2.75) is 19.9 Å². The van der Waals surface area contributed by atoms with E-state index < -0.39 is 5.91 Å². The Hall–Kier alpha value is -2.87. The van der Waals surface area contributed by atoms with Gasteiger partial charge >= 0.3 is 0 Å². The summed E-state index contributed by atoms with van der Waals surface area (Å²) in [6, 6.07) is 11.2. The summed E-state index contributed by atoms with van der Waals surface area (Å²) in [4.78, 5) is 28.2. The van der Waals surface area contributed by atoms with E-state index in [2.05, 4.69) is 0 Å². The van der Waals surface area contributed by atoms with Crippen molar-refractivity contribution in [3.63, 3.8) is 0 Å². The number of hydrogen-bond acceptors (Lipinski definition) is 4. The minimum Gasteiger partial charge on any atom is -0.383 e. The molecule has 0 saturated heterocycles. The third-order valence-corrected chi connectivity index (χ3v) is 3.60. The molecule has 0 atom stereocenters. The van der Waals surface area contributed by atoms with E-state index in [1.165, 1.54) is 0 Å². The molecule has 0 spiro atoms. The number of nitriles is 1. The molecule has 5 heteroatoms. The number of carbonyl (C=O) groups is 2. The Morgan fingerprint density at radius 2 is 1.83 bits per heavy atom. The zero-order valence-electron chi connectivity index (χ0n) is 13.5. The van der Waals surface area contributed by atoms with Crippen molar-refractivity contribution in [1.29, 1.82) is 5.26 Å². The van der Waals surface area contributed by atoms with Gasteiger partial charge in [0.05, 0.1) is 12.1 Å². The molecule has 0 bridgehead atoms. The molecule has 0 saturated carbocycles. The van der Waals surface area contributed by atoms with Crippen molar-refractivity contribution in [2.75, 3.05) is 14.1 Å². The Kier molecular flexibility index (Phi) is 4.97. The van der Waals surface area contributed by atoms with E-state index in [1.807, 2.05) is 43.3 Å². The maximum Gasteiger partial charge on any atom is 0.272 e. The van der Waals surface area contributed by atoms with Crippen LogP contribution >= 0.6 is 0 Å². The number of hydrogen-bond donors (Lipinski definition) is 0. The van der Waals surface area contributed by atoms with Crippen molar-refractivity contribution in [1.82, 2.24) is 9.80 Å². The summed E-state index contributed by atoms with van der Waals surface area (Å²) in [6.07, 6.45) is 2.13. The second kappa shape index (κ2) is 6.93. The lowest BCUT2D eigenvalue weighted by molar-refractivity contribution is -0.141. The molecule has 1 aliphatic heterocycles. The minimum atomic E-state index is -0.519. The molecule has 23 heavy (non-hydrogen) atoms. The molecule has 0 aromatic heterocycles. The first-order valence-corrected chi connectivity index (χ1v) is 7.41. The van der Waals surface area contributed by atoms with Crippen LogP contribution in [0.3, 0.4) is 0 Å². The number of rotatable bonds is 4. The Labute approximate surface area is 136 Å². The Bertz CT molecular complexity index is 724. The van der Waals surface area contributed by atoms with Gasteiger partial charge in [-0.1, -0.05) is 37.3 Å². The monoisotopic (exact) mass is 309 g/mol. The lowest BCUT2D eigenvalue weighted by Gasteiger charge is -2.29. The third kappa shape index (κ3) is 3.32. The SMILES string of the molecule is CCC1=C(C#N)C(=O)N(Cc2ccccc2)C(=O)C1=CN(C)C. The second-order valence-electron chi connectivity index (χ2n) is 5.51. The fourth-order valence-corrected chi connectivity index (χ4v) is 2.55. The molecule has 0 unspecified atom stereocenters. The van der Waals surface area contributed by atoms with Crippen LogP contribution in [0.25, 0.3) is 0 Å². The Balaban J connectivity index is 2.51. The molecule has 0 fully saturated rings. The van der Waals surface area contributed by atoms with E-state index in [0.717, 1.165) is 10.5 Å². The van der Waals surface area contributed by atoms with Crippen LogP contribution in [0.5, 0.6) is 0 Å². The highest BCUT2D eigenvalue weighted by molar-refractivity contribution is 6.18. The zero-order valence-corrected chi connectivity index (χ0v) is 13.5. The average molecular weight is 309 g/mol. The standard InChI is InChI=1S/C18H19N3O2/c1-4-14-15(10-19)17(22)21(11-13-8-6-5-7-9-13)18(23)16(14)12-20(2)3/h5-9,12H,4,11H2,1-3H3. The third-order valence-electron chi connectivity index (χ3n) is 3.60. The van der Waals surface area contributed by atoms with Gasteiger partial charge in [-0.05, 0) is 17.6 Å². The maximum atomic E-state index is 12.8. The molecular weight excluding hydrogens is 290 g/mol. The quantitative estimate of drug-likeness (QED) is 0.632. The molecule has 1 aromatic carbocycles. The highest BCUT2D eigenvalue weighted by Gasteiger charge is 2.36. The van der Waals surface area contributed by atoms with Crippen LogP contribution in [-0.4, -0.2) is 35.7 Å². The van der Waals surface area contributed by atoms with Crippen LogP contribution < -0.4 is 0 Å². The van der Waals surface area contributed by atoms with Gasteiger partial charge in [-0.2, -0.15) is 5.26 Å². The lowest BCUT2D eigenvalue weighted by atomic mass is 9.92. The molecule has 1 aromatic rings. The van der Waals surface area contributed by atoms with E-state index in [1.54, 1.807) is 25.2 Å². The van der Waals surface area contributed by atoms with Crippen molar-refractivity contribution >= 4 is 11.8 Å². The van der Waals surface area contributed by atoms with Crippen molar-refractivity contribution in [3.05, 3.63) is 58.8 Å². The summed E-state index contributed by atoms with van der Waals surface area (Å²) in [5.41, 5.74) is 1.82. The molecule has 2 rings (SSSR count). The fourth-order valence-electron chi connectivity index (χ4n) is 2.55. The predicted octanol–water partition coefficient (Wildman–Crippen LogP) is 2.23. The van der Waals surface area contributed by atoms with Gasteiger partial charge in [-0.3, -0.25) is 14.5 Å². The normalized spacial score (nSPS) is 16.8. The van der Waals surface area contributed by atoms with Crippen LogP contribution in [0, 0.1) is 11.3 Å². The molecule has 0 N–H and O–H groups in total. The number of benzene rings is 1. The van der Waals surface area contributed by atoms with E-state index in [4.69, 9.17) is 0 Å². The summed E-state index contributed by atoms with van der Waals surface area (Å²) in [7, 11) is 3.61. The lowest BCUT2D eigenvalue weighted by Crippen LogP contribution is -2.42. The Morgan fingerprint density at radius 3 is 2.35 bits per heavy atom. The van der Waals surface area contributed by atoms with Gasteiger partial charge in [-0.25, -0.2) is 0 Å². The molecule has 5 nitrogen and oxygen atoms in total. The summed E-state index contributed by atoms with van der Waals surface area (Å²) >= 11 is 0. The second-order valence-corrected chi connectivity index (χ2v) is 5.51. The van der Waals surface area contributed by atoms with Gasteiger partial charge in [0.2, 0.25) is 0 Å². The molecule has 1 heterocycles. The van der Waals surface area contributed by atoms with E-state index >= 15 is 0 Å². The van der Waals surface area contributed by atoms with Crippen LogP contribution in [0.4, 0.5) is 0 Å². The molecule has 2 amide bonds. The average Bonchev–Trinajstić information content (AvgIpc) is 2.54. The van der Waals surface area contributed by atoms with Gasteiger partial charge < -0.3 is 4.90 Å². The first-order chi connectivity index (χ1) is 11.0. The number of imide groups is 1. The van der Waals surface area contributed by atoms with E-state index in [9.17, 15) is 14.9 Å². The highest BCUT2D eigenvalue weighted by Crippen LogP contribution is 2.28. The minimum absolute atomic E-state index is 0.0520. The van der Waals surface area contributed by atoms with E-state index in [0.29, 0.717) is 17.6 Å². The maximum absolute atomic E-state index is 12.8. The van der Waals surface area contributed by atoms with Gasteiger partial charge in [0.1, 0.15) is 11.6 Å². The van der Waals surface area contributed by atoms with Crippen LogP contribution in [0.2, 0.25) is 0 Å². The van der Waals surface area contributed by atoms with Crippen molar-refractivity contribution in [3.8, 4) is 6.07 Å². The number of nitrogens with zero attached hydrogens (tertiary/aromatic N) is 3.